The van der Waals surface area contributed by atoms with E-state index < -0.39 is 17.6 Å². The third-order valence-electron chi connectivity index (χ3n) is 4.29. The summed E-state index contributed by atoms with van der Waals surface area (Å²) in [6.07, 6.45) is 2.33. The first-order valence-electron chi connectivity index (χ1n) is 7.75. The summed E-state index contributed by atoms with van der Waals surface area (Å²) in [5.74, 6) is -0.647. The Hall–Kier alpha value is -2.38. The molecule has 128 valence electrons. The van der Waals surface area contributed by atoms with Crippen molar-refractivity contribution < 1.29 is 18.0 Å². The molecule has 0 spiro atoms. The SMILES string of the molecule is Cc1c(C(=O)Nc2cc(C(F)(F)F)ccn2)cnn1C1CCCC1. The molecule has 2 aromatic rings. The van der Waals surface area contributed by atoms with Gasteiger partial charge in [-0.3, -0.25) is 9.48 Å². The standard InChI is InChI=1S/C16H17F3N4O/c1-10-13(9-21-23(10)12-4-2-3-5-12)15(24)22-14-8-11(6-7-20-14)16(17,18)19/h6-9,12H,2-5H2,1H3,(H,20,22,24). The van der Waals surface area contributed by atoms with Gasteiger partial charge in [0.05, 0.1) is 23.4 Å². The van der Waals surface area contributed by atoms with Gasteiger partial charge in [-0.25, -0.2) is 4.98 Å². The molecule has 1 saturated carbocycles. The van der Waals surface area contributed by atoms with Crippen molar-refractivity contribution >= 4 is 11.7 Å². The zero-order valence-corrected chi connectivity index (χ0v) is 13.1. The molecule has 1 aliphatic carbocycles. The number of rotatable bonds is 3. The van der Waals surface area contributed by atoms with E-state index >= 15 is 0 Å². The highest BCUT2D eigenvalue weighted by atomic mass is 19.4. The second-order valence-corrected chi connectivity index (χ2v) is 5.91. The smallest absolute Gasteiger partial charge is 0.306 e. The summed E-state index contributed by atoms with van der Waals surface area (Å²) < 4.78 is 40.0. The first-order valence-corrected chi connectivity index (χ1v) is 7.75. The number of anilines is 1. The van der Waals surface area contributed by atoms with Crippen molar-refractivity contribution in [3.05, 3.63) is 41.3 Å². The summed E-state index contributed by atoms with van der Waals surface area (Å²) in [7, 11) is 0. The van der Waals surface area contributed by atoms with Crippen LogP contribution in [-0.2, 0) is 6.18 Å². The van der Waals surface area contributed by atoms with Crippen molar-refractivity contribution in [3.63, 3.8) is 0 Å². The minimum absolute atomic E-state index is 0.136. The number of amides is 1. The fraction of sp³-hybridized carbons (Fsp3) is 0.438. The summed E-state index contributed by atoms with van der Waals surface area (Å²) in [6.45, 7) is 1.79. The monoisotopic (exact) mass is 338 g/mol. The van der Waals surface area contributed by atoms with Crippen molar-refractivity contribution in [1.29, 1.82) is 0 Å². The Morgan fingerprint density at radius 3 is 2.71 bits per heavy atom. The molecule has 1 N–H and O–H groups in total. The van der Waals surface area contributed by atoms with E-state index in [0.717, 1.165) is 44.0 Å². The fourth-order valence-corrected chi connectivity index (χ4v) is 3.02. The van der Waals surface area contributed by atoms with Crippen molar-refractivity contribution in [3.8, 4) is 0 Å². The largest absolute Gasteiger partial charge is 0.416 e. The molecule has 0 radical (unpaired) electrons. The number of carbonyl (C=O) groups excluding carboxylic acids is 1. The molecular weight excluding hydrogens is 321 g/mol. The van der Waals surface area contributed by atoms with Crippen LogP contribution in [0, 0.1) is 6.92 Å². The molecule has 1 fully saturated rings. The molecule has 1 amide bonds. The molecule has 0 bridgehead atoms. The Morgan fingerprint density at radius 1 is 1.33 bits per heavy atom. The third kappa shape index (κ3) is 3.27. The molecule has 0 aromatic carbocycles. The normalized spacial score (nSPS) is 15.7. The number of nitrogens with one attached hydrogen (secondary N) is 1. The highest BCUT2D eigenvalue weighted by Crippen LogP contribution is 2.31. The molecule has 0 atom stereocenters. The van der Waals surface area contributed by atoms with Crippen LogP contribution in [-0.4, -0.2) is 20.7 Å². The summed E-state index contributed by atoms with van der Waals surface area (Å²) in [5, 5.41) is 6.68. The van der Waals surface area contributed by atoms with Crippen LogP contribution in [0.1, 0.15) is 53.3 Å². The Balaban J connectivity index is 1.78. The van der Waals surface area contributed by atoms with Gasteiger partial charge in [0, 0.05) is 11.9 Å². The van der Waals surface area contributed by atoms with Gasteiger partial charge in [0.25, 0.3) is 5.91 Å². The van der Waals surface area contributed by atoms with Crippen LogP contribution in [0.3, 0.4) is 0 Å². The van der Waals surface area contributed by atoms with E-state index in [0.29, 0.717) is 17.3 Å². The van der Waals surface area contributed by atoms with Gasteiger partial charge in [-0.1, -0.05) is 12.8 Å². The molecule has 0 saturated heterocycles. The molecule has 2 heterocycles. The van der Waals surface area contributed by atoms with Gasteiger partial charge >= 0.3 is 6.18 Å². The fourth-order valence-electron chi connectivity index (χ4n) is 3.02. The van der Waals surface area contributed by atoms with Gasteiger partial charge in [-0.2, -0.15) is 18.3 Å². The molecule has 5 nitrogen and oxygen atoms in total. The highest BCUT2D eigenvalue weighted by molar-refractivity contribution is 6.04. The molecule has 8 heteroatoms. The number of aromatic nitrogens is 3. The van der Waals surface area contributed by atoms with Gasteiger partial charge in [-0.15, -0.1) is 0 Å². The lowest BCUT2D eigenvalue weighted by atomic mass is 10.2. The predicted octanol–water partition coefficient (Wildman–Crippen LogP) is 3.97. The maximum atomic E-state index is 12.7. The van der Waals surface area contributed by atoms with Crippen molar-refractivity contribution in [2.24, 2.45) is 0 Å². The van der Waals surface area contributed by atoms with Crippen molar-refractivity contribution in [1.82, 2.24) is 14.8 Å². The van der Waals surface area contributed by atoms with E-state index in [1.807, 2.05) is 4.68 Å². The van der Waals surface area contributed by atoms with E-state index in [1.165, 1.54) is 6.20 Å². The molecule has 0 aliphatic heterocycles. The van der Waals surface area contributed by atoms with E-state index in [2.05, 4.69) is 15.4 Å². The van der Waals surface area contributed by atoms with Crippen LogP contribution >= 0.6 is 0 Å². The molecule has 2 aromatic heterocycles. The summed E-state index contributed by atoms with van der Waals surface area (Å²) >= 11 is 0. The highest BCUT2D eigenvalue weighted by Gasteiger charge is 2.31. The lowest BCUT2D eigenvalue weighted by Gasteiger charge is -2.12. The zero-order chi connectivity index (χ0) is 17.3. The second-order valence-electron chi connectivity index (χ2n) is 5.91. The van der Waals surface area contributed by atoms with Gasteiger partial charge in [-0.05, 0) is 31.9 Å². The maximum absolute atomic E-state index is 12.7. The average molecular weight is 338 g/mol. The van der Waals surface area contributed by atoms with E-state index in [-0.39, 0.29) is 5.82 Å². The van der Waals surface area contributed by atoms with Crippen LogP contribution in [0.2, 0.25) is 0 Å². The zero-order valence-electron chi connectivity index (χ0n) is 13.1. The predicted molar refractivity (Wildman–Crippen MR) is 81.7 cm³/mol. The maximum Gasteiger partial charge on any atom is 0.416 e. The summed E-state index contributed by atoms with van der Waals surface area (Å²) in [4.78, 5) is 16.1. The Labute approximate surface area is 136 Å². The van der Waals surface area contributed by atoms with Gasteiger partial charge in [0.2, 0.25) is 0 Å². The van der Waals surface area contributed by atoms with Gasteiger partial charge in [0.15, 0.2) is 0 Å². The summed E-state index contributed by atoms with van der Waals surface area (Å²) in [6, 6.07) is 1.96. The van der Waals surface area contributed by atoms with E-state index in [4.69, 9.17) is 0 Å². The molecular formula is C16H17F3N4O. The molecule has 0 unspecified atom stereocenters. The number of hydrogen-bond donors (Lipinski definition) is 1. The number of alkyl halides is 3. The lowest BCUT2D eigenvalue weighted by Crippen LogP contribution is -2.16. The number of halogens is 3. The van der Waals surface area contributed by atoms with Crippen molar-refractivity contribution in [2.75, 3.05) is 5.32 Å². The minimum atomic E-state index is -4.48. The lowest BCUT2D eigenvalue weighted by molar-refractivity contribution is -0.137. The van der Waals surface area contributed by atoms with Gasteiger partial charge < -0.3 is 5.32 Å². The number of nitrogens with zero attached hydrogens (tertiary/aromatic N) is 3. The molecule has 3 rings (SSSR count). The first kappa shape index (κ1) is 16.5. The van der Waals surface area contributed by atoms with Crippen molar-refractivity contribution in [2.45, 2.75) is 44.8 Å². The third-order valence-corrected chi connectivity index (χ3v) is 4.29. The van der Waals surface area contributed by atoms with E-state index in [1.54, 1.807) is 6.92 Å². The quantitative estimate of drug-likeness (QED) is 0.921. The first-order chi connectivity index (χ1) is 11.4. The summed E-state index contributed by atoms with van der Waals surface area (Å²) in [5.41, 5.74) is 0.207. The van der Waals surface area contributed by atoms with E-state index in [9.17, 15) is 18.0 Å². The van der Waals surface area contributed by atoms with Gasteiger partial charge in [0.1, 0.15) is 5.82 Å². The Morgan fingerprint density at radius 2 is 2.04 bits per heavy atom. The van der Waals surface area contributed by atoms with Crippen LogP contribution in [0.15, 0.2) is 24.5 Å². The molecule has 1 aliphatic rings. The number of carbonyl (C=O) groups is 1. The van der Waals surface area contributed by atoms with Crippen LogP contribution < -0.4 is 5.32 Å². The molecule has 24 heavy (non-hydrogen) atoms. The second kappa shape index (κ2) is 6.26. The number of hydrogen-bond acceptors (Lipinski definition) is 3. The Kier molecular flexibility index (Phi) is 4.29. The van der Waals surface area contributed by atoms with Crippen LogP contribution in [0.5, 0.6) is 0 Å². The number of pyridine rings is 1. The topological polar surface area (TPSA) is 59.8 Å². The average Bonchev–Trinajstić information content (AvgIpc) is 3.15. The minimum Gasteiger partial charge on any atom is -0.306 e. The van der Waals surface area contributed by atoms with Crippen LogP contribution in [0.4, 0.5) is 19.0 Å². The Bertz CT molecular complexity index is 748. The van der Waals surface area contributed by atoms with Crippen LogP contribution in [0.25, 0.3) is 0 Å².